The van der Waals surface area contributed by atoms with Crippen LogP contribution in [-0.4, -0.2) is 23.5 Å². The lowest BCUT2D eigenvalue weighted by atomic mass is 9.83. The number of hydrogen-bond donors (Lipinski definition) is 2. The Morgan fingerprint density at radius 2 is 1.79 bits per heavy atom. The van der Waals surface area contributed by atoms with Crippen molar-refractivity contribution in [3.05, 3.63) is 71.5 Å². The summed E-state index contributed by atoms with van der Waals surface area (Å²) in [5.74, 6) is -2.61. The summed E-state index contributed by atoms with van der Waals surface area (Å²) in [5, 5.41) is 12.1. The molecule has 0 heterocycles. The van der Waals surface area contributed by atoms with Crippen LogP contribution < -0.4 is 5.32 Å². The van der Waals surface area contributed by atoms with Crippen LogP contribution in [0.4, 0.5) is 4.39 Å². The van der Waals surface area contributed by atoms with Crippen LogP contribution in [-0.2, 0) is 15.0 Å². The first kappa shape index (κ1) is 17.7. The Morgan fingerprint density at radius 1 is 1.12 bits per heavy atom. The fourth-order valence-electron chi connectivity index (χ4n) is 2.46. The Morgan fingerprint density at radius 3 is 2.38 bits per heavy atom. The molecule has 5 heteroatoms. The molecule has 1 atom stereocenters. The largest absolute Gasteiger partial charge is 0.481 e. The van der Waals surface area contributed by atoms with Gasteiger partial charge in [-0.3, -0.25) is 9.59 Å². The second kappa shape index (κ2) is 7.25. The second-order valence-electron chi connectivity index (χ2n) is 6.15. The van der Waals surface area contributed by atoms with E-state index in [9.17, 15) is 19.1 Å². The summed E-state index contributed by atoms with van der Waals surface area (Å²) in [5.41, 5.74) is 0.183. The summed E-state index contributed by atoms with van der Waals surface area (Å²) in [6.07, 6.45) is 0. The molecule has 1 amide bonds. The zero-order valence-electron chi connectivity index (χ0n) is 13.6. The van der Waals surface area contributed by atoms with E-state index >= 15 is 0 Å². The van der Waals surface area contributed by atoms with Gasteiger partial charge in [-0.25, -0.2) is 4.39 Å². The van der Waals surface area contributed by atoms with Gasteiger partial charge in [0.2, 0.25) is 5.91 Å². The fraction of sp³-hybridized carbons (Fsp3) is 0.263. The van der Waals surface area contributed by atoms with Crippen molar-refractivity contribution in [1.82, 2.24) is 5.32 Å². The minimum absolute atomic E-state index is 0.0308. The van der Waals surface area contributed by atoms with E-state index in [-0.39, 0.29) is 12.5 Å². The molecule has 0 saturated carbocycles. The lowest BCUT2D eigenvalue weighted by Crippen LogP contribution is -2.42. The molecular weight excluding hydrogens is 309 g/mol. The first-order valence-electron chi connectivity index (χ1n) is 7.64. The summed E-state index contributed by atoms with van der Waals surface area (Å²) in [7, 11) is 0. The fourth-order valence-corrected chi connectivity index (χ4v) is 2.46. The van der Waals surface area contributed by atoms with Gasteiger partial charge in [0.1, 0.15) is 5.82 Å². The van der Waals surface area contributed by atoms with Crippen LogP contribution in [0.15, 0.2) is 54.6 Å². The van der Waals surface area contributed by atoms with Gasteiger partial charge in [-0.05, 0) is 37.1 Å². The lowest BCUT2D eigenvalue weighted by molar-refractivity contribution is -0.138. The topological polar surface area (TPSA) is 66.4 Å². The van der Waals surface area contributed by atoms with Crippen LogP contribution in [0, 0.1) is 5.82 Å². The molecule has 2 aromatic rings. The number of nitrogens with one attached hydrogen (secondary N) is 1. The van der Waals surface area contributed by atoms with Gasteiger partial charge in [0.05, 0.1) is 11.3 Å². The highest BCUT2D eigenvalue weighted by atomic mass is 19.1. The molecule has 24 heavy (non-hydrogen) atoms. The third-order valence-corrected chi connectivity index (χ3v) is 4.08. The molecule has 0 fully saturated rings. The van der Waals surface area contributed by atoms with E-state index in [4.69, 9.17) is 0 Å². The maximum Gasteiger partial charge on any atom is 0.312 e. The number of carbonyl (C=O) groups is 2. The standard InChI is InChI=1S/C19H20FNO3/c1-19(2,14-9-6-10-15(20)11-14)18(24)21-12-16(17(22)23)13-7-4-3-5-8-13/h3-11,16H,12H2,1-2H3,(H,21,24)(H,22,23). The molecule has 126 valence electrons. The Labute approximate surface area is 140 Å². The van der Waals surface area contributed by atoms with Gasteiger partial charge in [-0.2, -0.15) is 0 Å². The van der Waals surface area contributed by atoms with E-state index in [0.717, 1.165) is 0 Å². The van der Waals surface area contributed by atoms with E-state index < -0.39 is 23.1 Å². The lowest BCUT2D eigenvalue weighted by Gasteiger charge is -2.25. The van der Waals surface area contributed by atoms with Gasteiger partial charge < -0.3 is 10.4 Å². The summed E-state index contributed by atoms with van der Waals surface area (Å²) in [4.78, 5) is 24.0. The average molecular weight is 329 g/mol. The highest BCUT2D eigenvalue weighted by Gasteiger charge is 2.31. The number of carbonyl (C=O) groups excluding carboxylic acids is 1. The maximum absolute atomic E-state index is 13.4. The van der Waals surface area contributed by atoms with E-state index in [2.05, 4.69) is 5.32 Å². The zero-order chi connectivity index (χ0) is 17.7. The van der Waals surface area contributed by atoms with Gasteiger partial charge in [-0.1, -0.05) is 42.5 Å². The smallest absolute Gasteiger partial charge is 0.312 e. The molecule has 0 aliphatic rings. The number of hydrogen-bond acceptors (Lipinski definition) is 2. The third-order valence-electron chi connectivity index (χ3n) is 4.08. The van der Waals surface area contributed by atoms with Crippen molar-refractivity contribution >= 4 is 11.9 Å². The first-order valence-corrected chi connectivity index (χ1v) is 7.64. The molecule has 0 aromatic heterocycles. The molecule has 0 saturated heterocycles. The van der Waals surface area contributed by atoms with Gasteiger partial charge in [0.15, 0.2) is 0 Å². The van der Waals surface area contributed by atoms with Crippen molar-refractivity contribution in [2.24, 2.45) is 0 Å². The average Bonchev–Trinajstić information content (AvgIpc) is 2.55. The molecule has 4 nitrogen and oxygen atoms in total. The summed E-state index contributed by atoms with van der Waals surface area (Å²) < 4.78 is 13.4. The molecular formula is C19H20FNO3. The second-order valence-corrected chi connectivity index (χ2v) is 6.15. The number of amides is 1. The molecule has 0 aliphatic heterocycles. The van der Waals surface area contributed by atoms with Crippen LogP contribution in [0.2, 0.25) is 0 Å². The van der Waals surface area contributed by atoms with Crippen molar-refractivity contribution in [3.63, 3.8) is 0 Å². The number of halogens is 1. The van der Waals surface area contributed by atoms with Gasteiger partial charge in [0.25, 0.3) is 0 Å². The number of rotatable bonds is 6. The maximum atomic E-state index is 13.4. The molecule has 0 bridgehead atoms. The highest BCUT2D eigenvalue weighted by Crippen LogP contribution is 2.24. The predicted molar refractivity (Wildman–Crippen MR) is 89.3 cm³/mol. The zero-order valence-corrected chi connectivity index (χ0v) is 13.6. The minimum atomic E-state index is -1.01. The Kier molecular flexibility index (Phi) is 5.34. The number of carboxylic acids is 1. The SMILES string of the molecule is CC(C)(C(=O)NCC(C(=O)O)c1ccccc1)c1cccc(F)c1. The van der Waals surface area contributed by atoms with Crippen LogP contribution >= 0.6 is 0 Å². The molecule has 1 unspecified atom stereocenters. The highest BCUT2D eigenvalue weighted by molar-refractivity contribution is 5.88. The van der Waals surface area contributed by atoms with Gasteiger partial charge in [-0.15, -0.1) is 0 Å². The first-order chi connectivity index (χ1) is 11.3. The van der Waals surface area contributed by atoms with E-state index in [1.54, 1.807) is 56.3 Å². The van der Waals surface area contributed by atoms with Crippen molar-refractivity contribution in [3.8, 4) is 0 Å². The molecule has 0 radical (unpaired) electrons. The molecule has 2 rings (SSSR count). The van der Waals surface area contributed by atoms with Crippen molar-refractivity contribution in [2.75, 3.05) is 6.54 Å². The van der Waals surface area contributed by atoms with Crippen molar-refractivity contribution in [1.29, 1.82) is 0 Å². The van der Waals surface area contributed by atoms with Gasteiger partial charge in [0, 0.05) is 6.54 Å². The van der Waals surface area contributed by atoms with E-state index in [0.29, 0.717) is 11.1 Å². The Hall–Kier alpha value is -2.69. The van der Waals surface area contributed by atoms with Crippen LogP contribution in [0.1, 0.15) is 30.9 Å². The summed E-state index contributed by atoms with van der Waals surface area (Å²) in [6, 6.07) is 14.6. The number of benzene rings is 2. The van der Waals surface area contributed by atoms with Crippen LogP contribution in [0.25, 0.3) is 0 Å². The Balaban J connectivity index is 2.12. The van der Waals surface area contributed by atoms with Gasteiger partial charge >= 0.3 is 5.97 Å². The molecule has 0 spiro atoms. The van der Waals surface area contributed by atoms with Crippen LogP contribution in [0.3, 0.4) is 0 Å². The predicted octanol–water partition coefficient (Wildman–Crippen LogP) is 3.09. The quantitative estimate of drug-likeness (QED) is 0.856. The normalized spacial score (nSPS) is 12.5. The minimum Gasteiger partial charge on any atom is -0.481 e. The van der Waals surface area contributed by atoms with Crippen LogP contribution in [0.5, 0.6) is 0 Å². The molecule has 2 aromatic carbocycles. The monoisotopic (exact) mass is 329 g/mol. The molecule has 2 N–H and O–H groups in total. The van der Waals surface area contributed by atoms with E-state index in [1.165, 1.54) is 12.1 Å². The third kappa shape index (κ3) is 3.98. The number of aliphatic carboxylic acids is 1. The van der Waals surface area contributed by atoms with E-state index in [1.807, 2.05) is 0 Å². The van der Waals surface area contributed by atoms with Crippen molar-refractivity contribution in [2.45, 2.75) is 25.2 Å². The Bertz CT molecular complexity index is 728. The summed E-state index contributed by atoms with van der Waals surface area (Å²) in [6.45, 7) is 3.32. The van der Waals surface area contributed by atoms with Crippen molar-refractivity contribution < 1.29 is 19.1 Å². The summed E-state index contributed by atoms with van der Waals surface area (Å²) >= 11 is 0. The molecule has 0 aliphatic carbocycles. The number of carboxylic acid groups (broad SMARTS) is 1.